The Hall–Kier alpha value is -0.860. The summed E-state index contributed by atoms with van der Waals surface area (Å²) >= 11 is 0. The van der Waals surface area contributed by atoms with Gasteiger partial charge in [0, 0.05) is 6.54 Å². The number of nitrogens with one attached hydrogen (secondary N) is 1. The molecule has 1 saturated carbocycles. The molecule has 0 spiro atoms. The fourth-order valence-corrected chi connectivity index (χ4v) is 2.76. The Morgan fingerprint density at radius 3 is 2.50 bits per heavy atom. The third kappa shape index (κ3) is 4.11. The van der Waals surface area contributed by atoms with Crippen molar-refractivity contribution in [1.82, 2.24) is 5.32 Å². The molecule has 1 fully saturated rings. The summed E-state index contributed by atoms with van der Waals surface area (Å²) in [6.07, 6.45) is 5.46. The SMILES string of the molecule is CCNCCOC1CCC(c2ccccc2)CC1. The van der Waals surface area contributed by atoms with E-state index in [1.165, 1.54) is 31.2 Å². The van der Waals surface area contributed by atoms with Gasteiger partial charge in [0.2, 0.25) is 0 Å². The van der Waals surface area contributed by atoms with Crippen LogP contribution in [0.25, 0.3) is 0 Å². The Kier molecular flexibility index (Phi) is 5.69. The van der Waals surface area contributed by atoms with Crippen molar-refractivity contribution in [2.24, 2.45) is 0 Å². The lowest BCUT2D eigenvalue weighted by atomic mass is 9.83. The van der Waals surface area contributed by atoms with Crippen LogP contribution in [-0.2, 0) is 4.74 Å². The van der Waals surface area contributed by atoms with Crippen LogP contribution in [0.5, 0.6) is 0 Å². The molecule has 18 heavy (non-hydrogen) atoms. The van der Waals surface area contributed by atoms with Gasteiger partial charge in [0.15, 0.2) is 0 Å². The van der Waals surface area contributed by atoms with Gasteiger partial charge >= 0.3 is 0 Å². The van der Waals surface area contributed by atoms with Gasteiger partial charge in [-0.1, -0.05) is 37.3 Å². The maximum atomic E-state index is 5.91. The van der Waals surface area contributed by atoms with E-state index in [2.05, 4.69) is 42.6 Å². The van der Waals surface area contributed by atoms with E-state index in [0.29, 0.717) is 6.10 Å². The van der Waals surface area contributed by atoms with Gasteiger partial charge in [0.25, 0.3) is 0 Å². The van der Waals surface area contributed by atoms with Gasteiger partial charge < -0.3 is 10.1 Å². The standard InChI is InChI=1S/C16H25NO/c1-2-17-12-13-18-16-10-8-15(9-11-16)14-6-4-3-5-7-14/h3-7,15-17H,2,8-13H2,1H3. The van der Waals surface area contributed by atoms with E-state index in [0.717, 1.165) is 25.6 Å². The lowest BCUT2D eigenvalue weighted by molar-refractivity contribution is 0.0267. The number of benzene rings is 1. The highest BCUT2D eigenvalue weighted by Gasteiger charge is 2.22. The van der Waals surface area contributed by atoms with Crippen molar-refractivity contribution in [3.63, 3.8) is 0 Å². The van der Waals surface area contributed by atoms with Crippen LogP contribution in [0.2, 0.25) is 0 Å². The third-order valence-electron chi connectivity index (χ3n) is 3.83. The van der Waals surface area contributed by atoms with Crippen LogP contribution in [-0.4, -0.2) is 25.8 Å². The van der Waals surface area contributed by atoms with Gasteiger partial charge in [-0.25, -0.2) is 0 Å². The first-order valence-corrected chi connectivity index (χ1v) is 7.27. The third-order valence-corrected chi connectivity index (χ3v) is 3.83. The molecule has 0 heterocycles. The van der Waals surface area contributed by atoms with Gasteiger partial charge in [0.05, 0.1) is 12.7 Å². The largest absolute Gasteiger partial charge is 0.377 e. The highest BCUT2D eigenvalue weighted by atomic mass is 16.5. The number of likely N-dealkylation sites (N-methyl/N-ethyl adjacent to an activating group) is 1. The summed E-state index contributed by atoms with van der Waals surface area (Å²) in [4.78, 5) is 0. The van der Waals surface area contributed by atoms with Crippen LogP contribution in [0, 0.1) is 0 Å². The van der Waals surface area contributed by atoms with Gasteiger partial charge in [-0.3, -0.25) is 0 Å². The molecule has 0 amide bonds. The van der Waals surface area contributed by atoms with Crippen molar-refractivity contribution in [2.75, 3.05) is 19.7 Å². The minimum absolute atomic E-state index is 0.489. The van der Waals surface area contributed by atoms with Crippen molar-refractivity contribution in [3.8, 4) is 0 Å². The average molecular weight is 247 g/mol. The lowest BCUT2D eigenvalue weighted by Crippen LogP contribution is -2.25. The molecule has 1 aromatic carbocycles. The van der Waals surface area contributed by atoms with Crippen LogP contribution < -0.4 is 5.32 Å². The van der Waals surface area contributed by atoms with Crippen molar-refractivity contribution in [1.29, 1.82) is 0 Å². The summed E-state index contributed by atoms with van der Waals surface area (Å²) < 4.78 is 5.91. The molecule has 1 aromatic rings. The molecule has 0 atom stereocenters. The van der Waals surface area contributed by atoms with Crippen LogP contribution in [0.1, 0.15) is 44.1 Å². The van der Waals surface area contributed by atoms with E-state index in [-0.39, 0.29) is 0 Å². The zero-order valence-corrected chi connectivity index (χ0v) is 11.4. The van der Waals surface area contributed by atoms with E-state index in [1.54, 1.807) is 0 Å². The molecular formula is C16H25NO. The first kappa shape index (κ1) is 13.6. The summed E-state index contributed by atoms with van der Waals surface area (Å²) in [5.74, 6) is 0.750. The molecule has 1 aliphatic rings. The Balaban J connectivity index is 1.68. The lowest BCUT2D eigenvalue weighted by Gasteiger charge is -2.28. The van der Waals surface area contributed by atoms with Crippen LogP contribution in [0.4, 0.5) is 0 Å². The number of hydrogen-bond donors (Lipinski definition) is 1. The van der Waals surface area contributed by atoms with Gasteiger partial charge in [-0.15, -0.1) is 0 Å². The summed E-state index contributed by atoms with van der Waals surface area (Å²) in [5, 5.41) is 3.30. The number of rotatable bonds is 6. The molecule has 0 radical (unpaired) electrons. The van der Waals surface area contributed by atoms with Crippen LogP contribution >= 0.6 is 0 Å². The second-order valence-corrected chi connectivity index (χ2v) is 5.11. The Morgan fingerprint density at radius 2 is 1.83 bits per heavy atom. The highest BCUT2D eigenvalue weighted by molar-refractivity contribution is 5.19. The van der Waals surface area contributed by atoms with Crippen molar-refractivity contribution >= 4 is 0 Å². The number of hydrogen-bond acceptors (Lipinski definition) is 2. The normalized spacial score (nSPS) is 24.1. The van der Waals surface area contributed by atoms with E-state index >= 15 is 0 Å². The summed E-state index contributed by atoms with van der Waals surface area (Å²) in [6, 6.07) is 10.9. The van der Waals surface area contributed by atoms with Gasteiger partial charge in [-0.2, -0.15) is 0 Å². The minimum Gasteiger partial charge on any atom is -0.377 e. The van der Waals surface area contributed by atoms with Crippen molar-refractivity contribution < 1.29 is 4.74 Å². The van der Waals surface area contributed by atoms with Crippen molar-refractivity contribution in [3.05, 3.63) is 35.9 Å². The molecular weight excluding hydrogens is 222 g/mol. The summed E-state index contributed by atoms with van der Waals surface area (Å²) in [5.41, 5.74) is 1.50. The molecule has 2 nitrogen and oxygen atoms in total. The Bertz CT molecular complexity index is 317. The zero-order chi connectivity index (χ0) is 12.6. The quantitative estimate of drug-likeness (QED) is 0.778. The van der Waals surface area contributed by atoms with E-state index < -0.39 is 0 Å². The molecule has 2 heteroatoms. The minimum atomic E-state index is 0.489. The van der Waals surface area contributed by atoms with Crippen LogP contribution in [0.3, 0.4) is 0 Å². The number of ether oxygens (including phenoxy) is 1. The first-order chi connectivity index (χ1) is 8.90. The topological polar surface area (TPSA) is 21.3 Å². The smallest absolute Gasteiger partial charge is 0.0594 e. The summed E-state index contributed by atoms with van der Waals surface area (Å²) in [6.45, 7) is 5.00. The maximum Gasteiger partial charge on any atom is 0.0594 e. The van der Waals surface area contributed by atoms with E-state index in [1.807, 2.05) is 0 Å². The molecule has 0 unspecified atom stereocenters. The average Bonchev–Trinajstić information content (AvgIpc) is 2.45. The molecule has 2 rings (SSSR count). The zero-order valence-electron chi connectivity index (χ0n) is 11.4. The van der Waals surface area contributed by atoms with Crippen molar-refractivity contribution in [2.45, 2.75) is 44.6 Å². The second-order valence-electron chi connectivity index (χ2n) is 5.11. The Labute approximate surface area is 111 Å². The monoisotopic (exact) mass is 247 g/mol. The predicted octanol–water partition coefficient (Wildman–Crippen LogP) is 3.34. The molecule has 0 aliphatic heterocycles. The van der Waals surface area contributed by atoms with E-state index in [4.69, 9.17) is 4.74 Å². The molecule has 0 saturated heterocycles. The fourth-order valence-electron chi connectivity index (χ4n) is 2.76. The molecule has 1 N–H and O–H groups in total. The maximum absolute atomic E-state index is 5.91. The Morgan fingerprint density at radius 1 is 1.11 bits per heavy atom. The van der Waals surface area contributed by atoms with Crippen LogP contribution in [0.15, 0.2) is 30.3 Å². The molecule has 1 aliphatic carbocycles. The highest BCUT2D eigenvalue weighted by Crippen LogP contribution is 2.33. The fraction of sp³-hybridized carbons (Fsp3) is 0.625. The van der Waals surface area contributed by atoms with E-state index in [9.17, 15) is 0 Å². The molecule has 100 valence electrons. The molecule has 0 aromatic heterocycles. The van der Waals surface area contributed by atoms with Gasteiger partial charge in [0.1, 0.15) is 0 Å². The second kappa shape index (κ2) is 7.55. The molecule has 0 bridgehead atoms. The first-order valence-electron chi connectivity index (χ1n) is 7.27. The predicted molar refractivity (Wildman–Crippen MR) is 75.9 cm³/mol. The summed E-state index contributed by atoms with van der Waals surface area (Å²) in [7, 11) is 0. The van der Waals surface area contributed by atoms with Gasteiger partial charge in [-0.05, 0) is 43.7 Å².